The van der Waals surface area contributed by atoms with Crippen molar-refractivity contribution in [2.75, 3.05) is 0 Å². The van der Waals surface area contributed by atoms with Crippen LogP contribution in [-0.4, -0.2) is 16.7 Å². The Balaban J connectivity index is 1.59. The highest BCUT2D eigenvalue weighted by Crippen LogP contribution is 2.31. The highest BCUT2D eigenvalue weighted by atomic mass is 35.5. The lowest BCUT2D eigenvalue weighted by Crippen LogP contribution is -2.20. The second-order valence-corrected chi connectivity index (χ2v) is 8.39. The number of carbonyl (C=O) groups excluding carboxylic acids is 2. The maximum absolute atomic E-state index is 13.6. The molecule has 0 saturated heterocycles. The quantitative estimate of drug-likeness (QED) is 0.190. The maximum Gasteiger partial charge on any atom is 0.339 e. The summed E-state index contributed by atoms with van der Waals surface area (Å²) >= 11 is 6.41. The summed E-state index contributed by atoms with van der Waals surface area (Å²) in [5.74, 6) is -0.912. The lowest BCUT2D eigenvalue weighted by atomic mass is 9.99. The zero-order valence-corrected chi connectivity index (χ0v) is 19.4. The number of aromatic nitrogens is 1. The van der Waals surface area contributed by atoms with Crippen LogP contribution < -0.4 is 0 Å². The highest BCUT2D eigenvalue weighted by Gasteiger charge is 2.28. The molecule has 0 saturated carbocycles. The molecular weight excluding hydrogens is 458 g/mol. The summed E-state index contributed by atoms with van der Waals surface area (Å²) in [7, 11) is 0. The molecule has 0 aliphatic carbocycles. The maximum atomic E-state index is 13.6. The molecule has 4 nitrogen and oxygen atoms in total. The van der Waals surface area contributed by atoms with Crippen LogP contribution in [-0.2, 0) is 4.74 Å². The van der Waals surface area contributed by atoms with E-state index in [0.29, 0.717) is 43.9 Å². The number of rotatable bonds is 6. The number of Topliss-reactive ketones (excluding diaryl/α,β-unsaturated/α-hetero) is 1. The second-order valence-electron chi connectivity index (χ2n) is 7.98. The van der Waals surface area contributed by atoms with Crippen molar-refractivity contribution in [2.24, 2.45) is 0 Å². The number of nitrogens with zero attached hydrogens (tertiary/aromatic N) is 1. The minimum Gasteiger partial charge on any atom is -0.445 e. The van der Waals surface area contributed by atoms with Crippen molar-refractivity contribution in [1.82, 2.24) is 4.98 Å². The summed E-state index contributed by atoms with van der Waals surface area (Å²) in [4.78, 5) is 31.7. The number of halogens is 1. The molecule has 5 aromatic rings. The topological polar surface area (TPSA) is 56.3 Å². The van der Waals surface area contributed by atoms with Gasteiger partial charge in [-0.1, -0.05) is 109 Å². The van der Waals surface area contributed by atoms with Gasteiger partial charge in [0, 0.05) is 27.1 Å². The van der Waals surface area contributed by atoms with Gasteiger partial charge in [0.05, 0.1) is 16.8 Å². The Kier molecular flexibility index (Phi) is 6.38. The first-order valence-electron chi connectivity index (χ1n) is 11.1. The number of fused-ring (bicyclic) bond motifs is 1. The number of hydrogen-bond donors (Lipinski definition) is 0. The first kappa shape index (κ1) is 22.5. The van der Waals surface area contributed by atoms with Gasteiger partial charge in [-0.15, -0.1) is 0 Å². The zero-order chi connectivity index (χ0) is 24.2. The largest absolute Gasteiger partial charge is 0.445 e. The van der Waals surface area contributed by atoms with Gasteiger partial charge >= 0.3 is 5.97 Å². The van der Waals surface area contributed by atoms with Gasteiger partial charge in [0.15, 0.2) is 6.10 Å². The van der Waals surface area contributed by atoms with E-state index in [-0.39, 0.29) is 5.78 Å². The van der Waals surface area contributed by atoms with E-state index >= 15 is 0 Å². The molecule has 0 aliphatic rings. The van der Waals surface area contributed by atoms with E-state index < -0.39 is 12.1 Å². The van der Waals surface area contributed by atoms with E-state index in [0.717, 1.165) is 0 Å². The van der Waals surface area contributed by atoms with Crippen molar-refractivity contribution in [3.8, 4) is 11.3 Å². The van der Waals surface area contributed by atoms with Crippen LogP contribution in [0.2, 0.25) is 5.02 Å². The number of benzene rings is 4. The summed E-state index contributed by atoms with van der Waals surface area (Å²) in [5.41, 5.74) is 3.25. The van der Waals surface area contributed by atoms with Crippen molar-refractivity contribution in [1.29, 1.82) is 0 Å². The molecule has 0 radical (unpaired) electrons. The minimum absolute atomic E-state index is 0.296. The first-order valence-corrected chi connectivity index (χ1v) is 11.5. The number of hydrogen-bond acceptors (Lipinski definition) is 4. The van der Waals surface area contributed by atoms with Crippen LogP contribution in [0.4, 0.5) is 0 Å². The van der Waals surface area contributed by atoms with Gasteiger partial charge in [0.25, 0.3) is 0 Å². The minimum atomic E-state index is -1.10. The normalized spacial score (nSPS) is 11.7. The molecule has 4 aromatic carbocycles. The van der Waals surface area contributed by atoms with Crippen LogP contribution in [0.25, 0.3) is 22.2 Å². The van der Waals surface area contributed by atoms with Gasteiger partial charge in [-0.25, -0.2) is 9.78 Å². The molecule has 1 aromatic heterocycles. The highest BCUT2D eigenvalue weighted by molar-refractivity contribution is 6.33. The van der Waals surface area contributed by atoms with Crippen molar-refractivity contribution in [2.45, 2.75) is 6.10 Å². The Morgan fingerprint density at radius 1 is 0.743 bits per heavy atom. The predicted octanol–water partition coefficient (Wildman–Crippen LogP) is 7.34. The Bertz CT molecular complexity index is 1520. The SMILES string of the molecule is O=C(O[C@@H](C(=O)c1ccccc1)c1ccccc1)c1cc(-c2ccccc2Cl)nc2ccccc12. The van der Waals surface area contributed by atoms with E-state index in [1.807, 2.05) is 66.7 Å². The molecule has 0 unspecified atom stereocenters. The predicted molar refractivity (Wildman–Crippen MR) is 138 cm³/mol. The van der Waals surface area contributed by atoms with Gasteiger partial charge in [-0.3, -0.25) is 4.79 Å². The smallest absolute Gasteiger partial charge is 0.339 e. The molecule has 1 heterocycles. The molecule has 1 atom stereocenters. The number of pyridine rings is 1. The van der Waals surface area contributed by atoms with Crippen LogP contribution in [0.3, 0.4) is 0 Å². The van der Waals surface area contributed by atoms with Crippen molar-refractivity contribution in [3.63, 3.8) is 0 Å². The van der Waals surface area contributed by atoms with Crippen molar-refractivity contribution < 1.29 is 14.3 Å². The fourth-order valence-corrected chi connectivity index (χ4v) is 4.21. The van der Waals surface area contributed by atoms with E-state index in [9.17, 15) is 9.59 Å². The van der Waals surface area contributed by atoms with Gasteiger partial charge in [0.2, 0.25) is 5.78 Å². The molecule has 170 valence electrons. The molecule has 0 fully saturated rings. The third-order valence-corrected chi connectivity index (χ3v) is 6.04. The van der Waals surface area contributed by atoms with Gasteiger partial charge in [0.1, 0.15) is 0 Å². The van der Waals surface area contributed by atoms with Crippen molar-refractivity contribution in [3.05, 3.63) is 137 Å². The molecule has 0 spiro atoms. The van der Waals surface area contributed by atoms with Crippen LogP contribution in [0.15, 0.2) is 115 Å². The third-order valence-electron chi connectivity index (χ3n) is 5.71. The van der Waals surface area contributed by atoms with Crippen LogP contribution in [0, 0.1) is 0 Å². The average Bonchev–Trinajstić information content (AvgIpc) is 2.92. The zero-order valence-electron chi connectivity index (χ0n) is 18.6. The fraction of sp³-hybridized carbons (Fsp3) is 0.0333. The number of esters is 1. The molecule has 0 amide bonds. The van der Waals surface area contributed by atoms with Crippen LogP contribution in [0.5, 0.6) is 0 Å². The first-order chi connectivity index (χ1) is 17.1. The number of ketones is 1. The monoisotopic (exact) mass is 477 g/mol. The van der Waals surface area contributed by atoms with E-state index in [1.54, 1.807) is 48.5 Å². The second kappa shape index (κ2) is 9.92. The summed E-state index contributed by atoms with van der Waals surface area (Å²) in [6, 6.07) is 34.2. The third kappa shape index (κ3) is 4.70. The van der Waals surface area contributed by atoms with E-state index in [2.05, 4.69) is 0 Å². The molecule has 5 heteroatoms. The summed E-state index contributed by atoms with van der Waals surface area (Å²) in [6.45, 7) is 0. The molecule has 0 aliphatic heterocycles. The standard InChI is InChI=1S/C30H20ClNO3/c31-25-17-9-7-16-23(25)27-19-24(22-15-8-10-18-26(22)32-27)30(34)35-29(21-13-5-2-6-14-21)28(33)20-11-3-1-4-12-20/h1-19,29H/t29-/m1/s1. The van der Waals surface area contributed by atoms with E-state index in [4.69, 9.17) is 21.3 Å². The number of ether oxygens (including phenoxy) is 1. The Morgan fingerprint density at radius 3 is 2.11 bits per heavy atom. The van der Waals surface area contributed by atoms with Crippen LogP contribution >= 0.6 is 11.6 Å². The molecular formula is C30H20ClNO3. The molecule has 0 N–H and O–H groups in total. The summed E-state index contributed by atoms with van der Waals surface area (Å²) < 4.78 is 5.92. The Labute approximate surface area is 207 Å². The number of para-hydroxylation sites is 1. The van der Waals surface area contributed by atoms with Crippen molar-refractivity contribution >= 4 is 34.3 Å². The average molecular weight is 478 g/mol. The van der Waals surface area contributed by atoms with Gasteiger partial charge in [-0.2, -0.15) is 0 Å². The van der Waals surface area contributed by atoms with Gasteiger partial charge < -0.3 is 4.74 Å². The summed E-state index contributed by atoms with van der Waals surface area (Å²) in [6.07, 6.45) is -1.10. The summed E-state index contributed by atoms with van der Waals surface area (Å²) in [5, 5.41) is 1.16. The lowest BCUT2D eigenvalue weighted by Gasteiger charge is -2.18. The lowest BCUT2D eigenvalue weighted by molar-refractivity contribution is 0.0282. The molecule has 35 heavy (non-hydrogen) atoms. The Morgan fingerprint density at radius 2 is 1.37 bits per heavy atom. The molecule has 5 rings (SSSR count). The van der Waals surface area contributed by atoms with Gasteiger partial charge in [-0.05, 0) is 18.2 Å². The fourth-order valence-electron chi connectivity index (χ4n) is 3.98. The molecule has 0 bridgehead atoms. The van der Waals surface area contributed by atoms with Crippen LogP contribution in [0.1, 0.15) is 32.4 Å². The Hall–Kier alpha value is -4.28. The van der Waals surface area contributed by atoms with E-state index in [1.165, 1.54) is 0 Å². The number of carbonyl (C=O) groups is 2.